The van der Waals surface area contributed by atoms with Gasteiger partial charge in [0.1, 0.15) is 5.60 Å². The standard InChI is InChI=1S/C19H30N2O2/c1-6-9-20-12-15-7-8-16-13-21(14(2)10-17(16)11-15)18(22)23-19(3,4)5/h7-8,11,14,20H,6,9-10,12-13H2,1-5H3. The molecule has 4 heteroatoms. The third-order valence-corrected chi connectivity index (χ3v) is 4.04. The van der Waals surface area contributed by atoms with E-state index in [1.807, 2.05) is 25.7 Å². The molecule has 1 aliphatic rings. The van der Waals surface area contributed by atoms with Crippen molar-refractivity contribution in [2.45, 2.75) is 72.2 Å². The number of nitrogens with zero attached hydrogens (tertiary/aromatic N) is 1. The van der Waals surface area contributed by atoms with Crippen molar-refractivity contribution in [3.05, 3.63) is 34.9 Å². The van der Waals surface area contributed by atoms with Gasteiger partial charge < -0.3 is 15.0 Å². The van der Waals surface area contributed by atoms with Gasteiger partial charge in [0.2, 0.25) is 0 Å². The lowest BCUT2D eigenvalue weighted by Gasteiger charge is -2.36. The topological polar surface area (TPSA) is 41.6 Å². The maximum absolute atomic E-state index is 12.4. The van der Waals surface area contributed by atoms with E-state index in [0.717, 1.165) is 25.9 Å². The first-order chi connectivity index (χ1) is 10.8. The van der Waals surface area contributed by atoms with Gasteiger partial charge in [-0.25, -0.2) is 4.79 Å². The molecule has 1 N–H and O–H groups in total. The monoisotopic (exact) mass is 318 g/mol. The van der Waals surface area contributed by atoms with E-state index in [1.165, 1.54) is 16.7 Å². The Morgan fingerprint density at radius 2 is 2.09 bits per heavy atom. The van der Waals surface area contributed by atoms with Gasteiger partial charge in [0.25, 0.3) is 0 Å². The molecule has 1 amide bonds. The lowest BCUT2D eigenvalue weighted by Crippen LogP contribution is -2.45. The van der Waals surface area contributed by atoms with Gasteiger partial charge in [-0.1, -0.05) is 25.1 Å². The highest BCUT2D eigenvalue weighted by molar-refractivity contribution is 5.69. The van der Waals surface area contributed by atoms with Crippen LogP contribution in [0.3, 0.4) is 0 Å². The number of amides is 1. The van der Waals surface area contributed by atoms with Crippen molar-refractivity contribution in [1.29, 1.82) is 0 Å². The zero-order chi connectivity index (χ0) is 17.0. The van der Waals surface area contributed by atoms with E-state index in [2.05, 4.69) is 37.4 Å². The number of hydrogen-bond donors (Lipinski definition) is 1. The Labute approximate surface area is 140 Å². The first-order valence-electron chi connectivity index (χ1n) is 8.61. The average Bonchev–Trinajstić information content (AvgIpc) is 2.44. The van der Waals surface area contributed by atoms with Crippen LogP contribution < -0.4 is 5.32 Å². The molecule has 0 saturated heterocycles. The predicted molar refractivity (Wildman–Crippen MR) is 93.4 cm³/mol. The van der Waals surface area contributed by atoms with Crippen molar-refractivity contribution in [1.82, 2.24) is 10.2 Å². The Balaban J connectivity index is 2.06. The van der Waals surface area contributed by atoms with E-state index < -0.39 is 5.60 Å². The summed E-state index contributed by atoms with van der Waals surface area (Å²) in [6.07, 6.45) is 1.81. The average molecular weight is 318 g/mol. The summed E-state index contributed by atoms with van der Waals surface area (Å²) in [6.45, 7) is 12.6. The second-order valence-electron chi connectivity index (χ2n) is 7.44. The van der Waals surface area contributed by atoms with Crippen molar-refractivity contribution < 1.29 is 9.53 Å². The third-order valence-electron chi connectivity index (χ3n) is 4.04. The summed E-state index contributed by atoms with van der Waals surface area (Å²) in [7, 11) is 0. The smallest absolute Gasteiger partial charge is 0.410 e. The fourth-order valence-corrected chi connectivity index (χ4v) is 2.88. The summed E-state index contributed by atoms with van der Waals surface area (Å²) in [5.74, 6) is 0. The number of benzene rings is 1. The Morgan fingerprint density at radius 3 is 2.74 bits per heavy atom. The van der Waals surface area contributed by atoms with Gasteiger partial charge in [-0.3, -0.25) is 0 Å². The number of fused-ring (bicyclic) bond motifs is 1. The fraction of sp³-hybridized carbons (Fsp3) is 0.632. The van der Waals surface area contributed by atoms with Crippen LogP contribution in [0.2, 0.25) is 0 Å². The molecule has 1 atom stereocenters. The summed E-state index contributed by atoms with van der Waals surface area (Å²) < 4.78 is 5.53. The molecule has 0 aliphatic carbocycles. The lowest BCUT2D eigenvalue weighted by atomic mass is 9.93. The van der Waals surface area contributed by atoms with Crippen LogP contribution in [0, 0.1) is 0 Å². The van der Waals surface area contributed by atoms with Gasteiger partial charge in [0.05, 0.1) is 0 Å². The van der Waals surface area contributed by atoms with E-state index in [0.29, 0.717) is 6.54 Å². The SMILES string of the molecule is CCCNCc1ccc2c(c1)CC(C)N(C(=O)OC(C)(C)C)C2. The predicted octanol–water partition coefficient (Wildman–Crippen LogP) is 3.87. The maximum Gasteiger partial charge on any atom is 0.410 e. The van der Waals surface area contributed by atoms with E-state index in [9.17, 15) is 4.79 Å². The van der Waals surface area contributed by atoms with E-state index in [-0.39, 0.29) is 12.1 Å². The Hall–Kier alpha value is -1.55. The van der Waals surface area contributed by atoms with Gasteiger partial charge in [-0.05, 0) is 63.8 Å². The summed E-state index contributed by atoms with van der Waals surface area (Å²) in [5.41, 5.74) is 3.45. The van der Waals surface area contributed by atoms with Crippen LogP contribution in [0.1, 0.15) is 57.7 Å². The number of carbonyl (C=O) groups excluding carboxylic acids is 1. The largest absolute Gasteiger partial charge is 0.444 e. The van der Waals surface area contributed by atoms with Crippen molar-refractivity contribution in [2.24, 2.45) is 0 Å². The molecule has 1 aromatic carbocycles. The van der Waals surface area contributed by atoms with Crippen molar-refractivity contribution in [3.8, 4) is 0 Å². The van der Waals surface area contributed by atoms with Crippen LogP contribution in [0.25, 0.3) is 0 Å². The first kappa shape index (κ1) is 17.8. The van der Waals surface area contributed by atoms with Gasteiger partial charge in [-0.15, -0.1) is 0 Å². The molecule has 0 fully saturated rings. The number of ether oxygens (including phenoxy) is 1. The molecule has 1 aliphatic heterocycles. The second-order valence-corrected chi connectivity index (χ2v) is 7.44. The molecule has 1 heterocycles. The van der Waals surface area contributed by atoms with Crippen LogP contribution in [0.5, 0.6) is 0 Å². The number of carbonyl (C=O) groups is 1. The van der Waals surface area contributed by atoms with Gasteiger partial charge >= 0.3 is 6.09 Å². The molecule has 0 saturated carbocycles. The minimum absolute atomic E-state index is 0.163. The molecular weight excluding hydrogens is 288 g/mol. The minimum atomic E-state index is -0.452. The minimum Gasteiger partial charge on any atom is -0.444 e. The number of rotatable bonds is 4. The van der Waals surface area contributed by atoms with E-state index in [4.69, 9.17) is 4.74 Å². The van der Waals surface area contributed by atoms with Gasteiger partial charge in [0.15, 0.2) is 0 Å². The van der Waals surface area contributed by atoms with Gasteiger partial charge in [0, 0.05) is 19.1 Å². The van der Waals surface area contributed by atoms with Crippen LogP contribution in [-0.2, 0) is 24.2 Å². The highest BCUT2D eigenvalue weighted by Crippen LogP contribution is 2.26. The van der Waals surface area contributed by atoms with Crippen LogP contribution in [0.15, 0.2) is 18.2 Å². The Morgan fingerprint density at radius 1 is 1.35 bits per heavy atom. The quantitative estimate of drug-likeness (QED) is 0.857. The molecule has 0 radical (unpaired) electrons. The molecular formula is C19H30N2O2. The molecule has 1 unspecified atom stereocenters. The molecule has 1 aromatic rings. The Bertz CT molecular complexity index is 549. The fourth-order valence-electron chi connectivity index (χ4n) is 2.88. The van der Waals surface area contributed by atoms with Gasteiger partial charge in [-0.2, -0.15) is 0 Å². The summed E-state index contributed by atoms with van der Waals surface area (Å²) in [6, 6.07) is 6.75. The second kappa shape index (κ2) is 7.35. The number of nitrogens with one attached hydrogen (secondary N) is 1. The van der Waals surface area contributed by atoms with Crippen molar-refractivity contribution in [3.63, 3.8) is 0 Å². The number of hydrogen-bond acceptors (Lipinski definition) is 3. The molecule has 0 aromatic heterocycles. The highest BCUT2D eigenvalue weighted by atomic mass is 16.6. The van der Waals surface area contributed by atoms with E-state index >= 15 is 0 Å². The summed E-state index contributed by atoms with van der Waals surface area (Å²) >= 11 is 0. The molecule has 4 nitrogen and oxygen atoms in total. The first-order valence-corrected chi connectivity index (χ1v) is 8.61. The van der Waals surface area contributed by atoms with Crippen LogP contribution >= 0.6 is 0 Å². The van der Waals surface area contributed by atoms with Crippen molar-refractivity contribution >= 4 is 6.09 Å². The van der Waals surface area contributed by atoms with E-state index in [1.54, 1.807) is 0 Å². The highest BCUT2D eigenvalue weighted by Gasteiger charge is 2.30. The zero-order valence-corrected chi connectivity index (χ0v) is 15.1. The molecule has 128 valence electrons. The van der Waals surface area contributed by atoms with Crippen LogP contribution in [0.4, 0.5) is 4.79 Å². The van der Waals surface area contributed by atoms with Crippen molar-refractivity contribution in [2.75, 3.05) is 6.54 Å². The molecule has 2 rings (SSSR count). The maximum atomic E-state index is 12.4. The normalized spacial score (nSPS) is 17.8. The Kier molecular flexibility index (Phi) is 5.69. The molecule has 0 bridgehead atoms. The lowest BCUT2D eigenvalue weighted by molar-refractivity contribution is 0.0138. The molecule has 23 heavy (non-hydrogen) atoms. The molecule has 0 spiro atoms. The zero-order valence-electron chi connectivity index (χ0n) is 15.1. The third kappa shape index (κ3) is 4.96. The summed E-state index contributed by atoms with van der Waals surface area (Å²) in [4.78, 5) is 14.2. The van der Waals surface area contributed by atoms with Crippen LogP contribution in [-0.4, -0.2) is 29.2 Å². The summed E-state index contributed by atoms with van der Waals surface area (Å²) in [5, 5.41) is 3.44.